The van der Waals surface area contributed by atoms with Crippen LogP contribution in [0.5, 0.6) is 0 Å². The second-order valence-corrected chi connectivity index (χ2v) is 9.24. The third-order valence-electron chi connectivity index (χ3n) is 4.14. The summed E-state index contributed by atoms with van der Waals surface area (Å²) in [7, 11) is -1.07. The molecule has 1 saturated heterocycles. The minimum absolute atomic E-state index is 0.112. The first-order valence-electron chi connectivity index (χ1n) is 10.7. The van der Waals surface area contributed by atoms with E-state index in [1.54, 1.807) is 7.11 Å². The van der Waals surface area contributed by atoms with Crippen LogP contribution < -0.4 is 5.32 Å². The lowest BCUT2D eigenvalue weighted by molar-refractivity contribution is -0.0186. The summed E-state index contributed by atoms with van der Waals surface area (Å²) in [6.45, 7) is 10.6. The fraction of sp³-hybridized carbons (Fsp3) is 0.947. The number of ether oxygens (including phenoxy) is 5. The number of carbonyl (C=O) groups excluding carboxylic acids is 1. The molecule has 1 heterocycles. The molecule has 0 saturated carbocycles. The maximum absolute atomic E-state index is 12.1. The van der Waals surface area contributed by atoms with E-state index < -0.39 is 21.0 Å². The number of methoxy groups -OCH3 is 1. The van der Waals surface area contributed by atoms with E-state index in [0.29, 0.717) is 71.9 Å². The molecule has 10 nitrogen and oxygen atoms in total. The van der Waals surface area contributed by atoms with Gasteiger partial charge in [-0.1, -0.05) is 0 Å². The van der Waals surface area contributed by atoms with Crippen LogP contribution in [-0.2, 0) is 37.0 Å². The maximum atomic E-state index is 12.1. The predicted octanol–water partition coefficient (Wildman–Crippen LogP) is 1.60. The van der Waals surface area contributed by atoms with E-state index in [9.17, 15) is 4.79 Å². The molecule has 0 aliphatic carbocycles. The zero-order valence-corrected chi connectivity index (χ0v) is 19.8. The topological polar surface area (TPSA) is 106 Å². The Bertz CT molecular complexity index is 423. The number of amides is 1. The van der Waals surface area contributed by atoms with E-state index in [1.165, 1.54) is 0 Å². The number of alkyl carbamates (subject to hydrolysis) is 1. The molecule has 1 aliphatic rings. The van der Waals surface area contributed by atoms with Gasteiger partial charge in [0.15, 0.2) is 6.10 Å². The maximum Gasteiger partial charge on any atom is 0.500 e. The number of carbonyl (C=O) groups is 1. The van der Waals surface area contributed by atoms with Gasteiger partial charge in [0, 0.05) is 39.5 Å². The molecule has 11 heteroatoms. The van der Waals surface area contributed by atoms with Gasteiger partial charge in [-0.2, -0.15) is 0 Å². The van der Waals surface area contributed by atoms with Gasteiger partial charge in [-0.3, -0.25) is 0 Å². The van der Waals surface area contributed by atoms with Crippen molar-refractivity contribution in [3.8, 4) is 0 Å². The molecular formula is C19H39NO9Si. The van der Waals surface area contributed by atoms with Gasteiger partial charge in [-0.05, 0) is 27.2 Å². The normalized spacial score (nSPS) is 17.0. The van der Waals surface area contributed by atoms with Gasteiger partial charge >= 0.3 is 14.9 Å². The summed E-state index contributed by atoms with van der Waals surface area (Å²) in [6, 6.07) is 0.629. The molecular weight excluding hydrogens is 414 g/mol. The van der Waals surface area contributed by atoms with Crippen molar-refractivity contribution in [1.82, 2.24) is 5.32 Å². The molecule has 2 unspecified atom stereocenters. The summed E-state index contributed by atoms with van der Waals surface area (Å²) in [5.74, 6) is 0. The van der Waals surface area contributed by atoms with Crippen LogP contribution in [0, 0.1) is 0 Å². The average molecular weight is 454 g/mol. The summed E-state index contributed by atoms with van der Waals surface area (Å²) in [6.07, 6.45) is -0.375. The molecule has 0 aromatic carbocycles. The van der Waals surface area contributed by atoms with Crippen LogP contribution in [0.25, 0.3) is 0 Å². The molecule has 0 spiro atoms. The molecule has 0 bridgehead atoms. The van der Waals surface area contributed by atoms with Crippen molar-refractivity contribution in [1.29, 1.82) is 0 Å². The van der Waals surface area contributed by atoms with Crippen LogP contribution in [0.4, 0.5) is 4.79 Å². The molecule has 1 fully saturated rings. The van der Waals surface area contributed by atoms with Crippen molar-refractivity contribution in [2.75, 3.05) is 73.1 Å². The minimum atomic E-state index is -2.69. The highest BCUT2D eigenvalue weighted by Crippen LogP contribution is 2.19. The van der Waals surface area contributed by atoms with Crippen molar-refractivity contribution in [3.63, 3.8) is 0 Å². The van der Waals surface area contributed by atoms with Crippen LogP contribution >= 0.6 is 0 Å². The van der Waals surface area contributed by atoms with Crippen molar-refractivity contribution < 1.29 is 41.8 Å². The molecule has 0 aromatic rings. The molecule has 1 N–H and O–H groups in total. The Morgan fingerprint density at radius 2 is 1.63 bits per heavy atom. The molecule has 1 aliphatic heterocycles. The van der Waals surface area contributed by atoms with E-state index >= 15 is 0 Å². The minimum Gasteiger partial charge on any atom is -0.441 e. The second kappa shape index (κ2) is 16.8. The van der Waals surface area contributed by atoms with Crippen LogP contribution in [0.15, 0.2) is 0 Å². The molecule has 30 heavy (non-hydrogen) atoms. The summed E-state index contributed by atoms with van der Waals surface area (Å²) in [4.78, 5) is 12.1. The van der Waals surface area contributed by atoms with E-state index in [1.807, 2.05) is 20.8 Å². The van der Waals surface area contributed by atoms with Crippen molar-refractivity contribution in [2.45, 2.75) is 45.4 Å². The molecule has 1 rings (SSSR count). The van der Waals surface area contributed by atoms with Gasteiger partial charge in [-0.15, -0.1) is 0 Å². The molecule has 0 aromatic heterocycles. The van der Waals surface area contributed by atoms with Gasteiger partial charge in [0.2, 0.25) is 0 Å². The van der Waals surface area contributed by atoms with Crippen LogP contribution in [0.1, 0.15) is 27.2 Å². The van der Waals surface area contributed by atoms with Gasteiger partial charge in [0.1, 0.15) is 6.10 Å². The van der Waals surface area contributed by atoms with Crippen LogP contribution in [0.3, 0.4) is 0 Å². The summed E-state index contributed by atoms with van der Waals surface area (Å²) in [5, 5.41) is 2.76. The summed E-state index contributed by atoms with van der Waals surface area (Å²) in [5.41, 5.74) is 0. The fourth-order valence-corrected chi connectivity index (χ4v) is 5.34. The van der Waals surface area contributed by atoms with Gasteiger partial charge in [-0.25, -0.2) is 4.79 Å². The SMILES string of the molecule is CCO[Si](CCCNC(=O)OC(COCCOCCOC)C1CO1)(OCC)OCC. The lowest BCUT2D eigenvalue weighted by atomic mass is 10.3. The summed E-state index contributed by atoms with van der Waals surface area (Å²) < 4.78 is 43.9. The molecule has 2 atom stereocenters. The van der Waals surface area contributed by atoms with Gasteiger partial charge in [0.25, 0.3) is 0 Å². The van der Waals surface area contributed by atoms with E-state index in [4.69, 9.17) is 37.0 Å². The zero-order chi connectivity index (χ0) is 22.1. The smallest absolute Gasteiger partial charge is 0.441 e. The molecule has 0 radical (unpaired) electrons. The standard InChI is InChI=1S/C19H39NO9Si/c1-5-26-30(27-6-2,28-7-3)14-8-9-20-19(21)29-18(17-16-25-17)15-24-13-12-23-11-10-22-4/h17-18H,5-16H2,1-4H3,(H,20,21). The largest absolute Gasteiger partial charge is 0.500 e. The Morgan fingerprint density at radius 1 is 1.03 bits per heavy atom. The zero-order valence-electron chi connectivity index (χ0n) is 18.8. The van der Waals surface area contributed by atoms with E-state index in [2.05, 4.69) is 5.32 Å². The Kier molecular flexibility index (Phi) is 15.3. The van der Waals surface area contributed by atoms with E-state index in [-0.39, 0.29) is 12.7 Å². The van der Waals surface area contributed by atoms with Crippen molar-refractivity contribution >= 4 is 14.9 Å². The fourth-order valence-electron chi connectivity index (χ4n) is 2.72. The Morgan fingerprint density at radius 3 is 2.20 bits per heavy atom. The quantitative estimate of drug-likeness (QED) is 0.167. The Balaban J connectivity index is 2.25. The lowest BCUT2D eigenvalue weighted by Crippen LogP contribution is -2.46. The highest BCUT2D eigenvalue weighted by molar-refractivity contribution is 6.60. The number of nitrogens with one attached hydrogen (secondary N) is 1. The highest BCUT2D eigenvalue weighted by Gasteiger charge is 2.40. The number of hydrogen-bond acceptors (Lipinski definition) is 9. The Hall–Kier alpha value is -0.793. The lowest BCUT2D eigenvalue weighted by Gasteiger charge is -2.28. The monoisotopic (exact) mass is 453 g/mol. The van der Waals surface area contributed by atoms with E-state index in [0.717, 1.165) is 0 Å². The highest BCUT2D eigenvalue weighted by atomic mass is 28.4. The number of hydrogen-bond donors (Lipinski definition) is 1. The first kappa shape index (κ1) is 27.2. The third-order valence-corrected chi connectivity index (χ3v) is 7.29. The summed E-state index contributed by atoms with van der Waals surface area (Å²) >= 11 is 0. The third kappa shape index (κ3) is 12.2. The van der Waals surface area contributed by atoms with Crippen LogP contribution in [0.2, 0.25) is 6.04 Å². The van der Waals surface area contributed by atoms with Gasteiger partial charge in [0.05, 0.1) is 39.6 Å². The molecule has 1 amide bonds. The second-order valence-electron chi connectivity index (χ2n) is 6.51. The average Bonchev–Trinajstić information content (AvgIpc) is 3.56. The van der Waals surface area contributed by atoms with Crippen molar-refractivity contribution in [2.24, 2.45) is 0 Å². The predicted molar refractivity (Wildman–Crippen MR) is 112 cm³/mol. The van der Waals surface area contributed by atoms with Gasteiger partial charge < -0.3 is 42.3 Å². The van der Waals surface area contributed by atoms with Crippen molar-refractivity contribution in [3.05, 3.63) is 0 Å². The first-order chi connectivity index (χ1) is 14.6. The Labute approximate surface area is 181 Å². The number of epoxide rings is 1. The van der Waals surface area contributed by atoms with Crippen LogP contribution in [-0.4, -0.2) is 100 Å². The molecule has 178 valence electrons. The number of rotatable bonds is 20. The first-order valence-corrected chi connectivity index (χ1v) is 12.7.